The summed E-state index contributed by atoms with van der Waals surface area (Å²) in [7, 11) is -3.92. The first-order chi connectivity index (χ1) is 16.6. The van der Waals surface area contributed by atoms with Crippen LogP contribution in [0.15, 0.2) is 65.6 Å². The zero-order valence-corrected chi connectivity index (χ0v) is 22.5. The van der Waals surface area contributed by atoms with Gasteiger partial charge in [-0.2, -0.15) is 4.31 Å². The first kappa shape index (κ1) is 27.3. The molecule has 2 aromatic carbocycles. The number of sulfonamides is 1. The predicted molar refractivity (Wildman–Crippen MR) is 139 cm³/mol. The Bertz CT molecular complexity index is 1230. The number of carbonyl (C=O) groups excluding carboxylic acids is 1. The molecule has 1 atom stereocenters. The van der Waals surface area contributed by atoms with Crippen LogP contribution in [0, 0.1) is 18.7 Å². The van der Waals surface area contributed by atoms with Crippen molar-refractivity contribution in [2.75, 3.05) is 13.1 Å². The highest BCUT2D eigenvalue weighted by Gasteiger charge is 2.30. The van der Waals surface area contributed by atoms with Crippen molar-refractivity contribution in [3.05, 3.63) is 86.8 Å². The molecule has 5 nitrogen and oxygen atoms in total. The second kappa shape index (κ2) is 12.1. The van der Waals surface area contributed by atoms with Crippen molar-refractivity contribution in [1.82, 2.24) is 9.21 Å². The molecule has 1 amide bonds. The summed E-state index contributed by atoms with van der Waals surface area (Å²) < 4.78 is 41.6. The number of hydrogen-bond acceptors (Lipinski definition) is 4. The predicted octanol–water partition coefficient (Wildman–Crippen LogP) is 6.11. The molecule has 188 valence electrons. The number of carbonyl (C=O) groups is 1. The van der Waals surface area contributed by atoms with Gasteiger partial charge in [-0.3, -0.25) is 4.79 Å². The van der Waals surface area contributed by atoms with E-state index in [0.29, 0.717) is 11.6 Å². The van der Waals surface area contributed by atoms with Gasteiger partial charge in [0.15, 0.2) is 0 Å². The van der Waals surface area contributed by atoms with Crippen LogP contribution in [-0.4, -0.2) is 36.6 Å². The maximum atomic E-state index is 13.6. The van der Waals surface area contributed by atoms with Crippen LogP contribution in [0.5, 0.6) is 0 Å². The molecular formula is C26H30ClFN2O3S2. The molecule has 0 saturated heterocycles. The summed E-state index contributed by atoms with van der Waals surface area (Å²) >= 11 is 7.53. The molecule has 3 aromatic rings. The van der Waals surface area contributed by atoms with Crippen LogP contribution in [0.2, 0.25) is 5.02 Å². The van der Waals surface area contributed by atoms with Gasteiger partial charge in [0.05, 0.1) is 18.0 Å². The molecular weight excluding hydrogens is 507 g/mol. The molecule has 0 saturated carbocycles. The minimum absolute atomic E-state index is 0.0652. The highest BCUT2D eigenvalue weighted by Crippen LogP contribution is 2.23. The van der Waals surface area contributed by atoms with Gasteiger partial charge in [0, 0.05) is 27.9 Å². The number of amides is 1. The van der Waals surface area contributed by atoms with Crippen molar-refractivity contribution in [2.24, 2.45) is 5.92 Å². The molecule has 0 bridgehead atoms. The summed E-state index contributed by atoms with van der Waals surface area (Å²) in [6, 6.07) is 15.9. The Morgan fingerprint density at radius 2 is 1.69 bits per heavy atom. The van der Waals surface area contributed by atoms with Crippen LogP contribution < -0.4 is 0 Å². The summed E-state index contributed by atoms with van der Waals surface area (Å²) in [5, 5.41) is 0.435. The zero-order valence-electron chi connectivity index (χ0n) is 20.1. The molecule has 0 fully saturated rings. The second-order valence-electron chi connectivity index (χ2n) is 8.65. The van der Waals surface area contributed by atoms with Gasteiger partial charge < -0.3 is 4.90 Å². The average Bonchev–Trinajstić information content (AvgIpc) is 3.24. The first-order valence-electron chi connectivity index (χ1n) is 11.4. The minimum Gasteiger partial charge on any atom is -0.332 e. The lowest BCUT2D eigenvalue weighted by Gasteiger charge is -2.28. The van der Waals surface area contributed by atoms with E-state index in [-0.39, 0.29) is 42.2 Å². The van der Waals surface area contributed by atoms with E-state index in [1.807, 2.05) is 32.9 Å². The second-order valence-corrected chi connectivity index (χ2v) is 12.4. The molecule has 9 heteroatoms. The van der Waals surface area contributed by atoms with Crippen molar-refractivity contribution in [1.29, 1.82) is 0 Å². The van der Waals surface area contributed by atoms with Crippen molar-refractivity contribution in [3.63, 3.8) is 0 Å². The molecule has 1 aromatic heterocycles. The number of thiophene rings is 1. The summed E-state index contributed by atoms with van der Waals surface area (Å²) in [6.45, 7) is 6.45. The quantitative estimate of drug-likeness (QED) is 0.297. The highest BCUT2D eigenvalue weighted by molar-refractivity contribution is 7.89. The third kappa shape index (κ3) is 7.61. The van der Waals surface area contributed by atoms with Crippen molar-refractivity contribution >= 4 is 38.9 Å². The molecule has 35 heavy (non-hydrogen) atoms. The minimum atomic E-state index is -3.92. The van der Waals surface area contributed by atoms with E-state index in [9.17, 15) is 17.6 Å². The fourth-order valence-corrected chi connectivity index (χ4v) is 6.07. The molecule has 0 aliphatic rings. The lowest BCUT2D eigenvalue weighted by Crippen LogP contribution is -2.44. The fourth-order valence-electron chi connectivity index (χ4n) is 3.53. The van der Waals surface area contributed by atoms with E-state index >= 15 is 0 Å². The van der Waals surface area contributed by atoms with E-state index < -0.39 is 10.0 Å². The molecule has 0 radical (unpaired) electrons. The Kier molecular flexibility index (Phi) is 9.47. The van der Waals surface area contributed by atoms with Gasteiger partial charge in [0.25, 0.3) is 0 Å². The number of aryl methyl sites for hydroxylation is 1. The monoisotopic (exact) mass is 536 g/mol. The summed E-state index contributed by atoms with van der Waals surface area (Å²) in [5.74, 6) is -0.606. The maximum absolute atomic E-state index is 13.6. The van der Waals surface area contributed by atoms with Gasteiger partial charge in [0.2, 0.25) is 15.9 Å². The Hall–Kier alpha value is -2.26. The van der Waals surface area contributed by atoms with E-state index in [4.69, 9.17) is 11.6 Å². The molecule has 0 aliphatic carbocycles. The summed E-state index contributed by atoms with van der Waals surface area (Å²) in [4.78, 5) is 17.4. The molecule has 0 spiro atoms. The van der Waals surface area contributed by atoms with Crippen molar-refractivity contribution in [3.8, 4) is 0 Å². The van der Waals surface area contributed by atoms with Crippen LogP contribution in [-0.2, 0) is 27.9 Å². The van der Waals surface area contributed by atoms with E-state index in [1.165, 1.54) is 40.7 Å². The van der Waals surface area contributed by atoms with E-state index in [1.54, 1.807) is 28.4 Å². The smallest absolute Gasteiger partial charge is 0.243 e. The van der Waals surface area contributed by atoms with Crippen LogP contribution in [0.1, 0.15) is 35.6 Å². The molecule has 1 heterocycles. The summed E-state index contributed by atoms with van der Waals surface area (Å²) in [5.41, 5.74) is 0.766. The Morgan fingerprint density at radius 3 is 2.26 bits per heavy atom. The van der Waals surface area contributed by atoms with Gasteiger partial charge in [-0.1, -0.05) is 44.0 Å². The fraction of sp³-hybridized carbons (Fsp3) is 0.346. The number of nitrogens with zero attached hydrogens (tertiary/aromatic N) is 2. The van der Waals surface area contributed by atoms with E-state index in [2.05, 4.69) is 0 Å². The van der Waals surface area contributed by atoms with Crippen LogP contribution in [0.4, 0.5) is 4.39 Å². The van der Waals surface area contributed by atoms with Gasteiger partial charge in [0.1, 0.15) is 5.82 Å². The molecule has 0 N–H and O–H groups in total. The van der Waals surface area contributed by atoms with Gasteiger partial charge in [-0.25, -0.2) is 12.8 Å². The van der Waals surface area contributed by atoms with Gasteiger partial charge >= 0.3 is 0 Å². The third-order valence-corrected chi connectivity index (χ3v) is 8.82. The molecule has 0 aliphatic heterocycles. The average molecular weight is 537 g/mol. The largest absolute Gasteiger partial charge is 0.332 e. The normalized spacial score (nSPS) is 12.6. The van der Waals surface area contributed by atoms with Crippen LogP contribution in [0.3, 0.4) is 0 Å². The van der Waals surface area contributed by atoms with E-state index in [0.717, 1.165) is 21.7 Å². The number of halogens is 2. The lowest BCUT2D eigenvalue weighted by molar-refractivity contribution is -0.132. The number of hydrogen-bond donors (Lipinski definition) is 0. The first-order valence-corrected chi connectivity index (χ1v) is 14.0. The Balaban J connectivity index is 1.89. The zero-order chi connectivity index (χ0) is 25.6. The Labute approximate surface area is 216 Å². The number of rotatable bonds is 11. The molecule has 3 rings (SSSR count). The number of benzene rings is 2. The Morgan fingerprint density at radius 1 is 1.03 bits per heavy atom. The third-order valence-electron chi connectivity index (χ3n) is 5.76. The van der Waals surface area contributed by atoms with Crippen molar-refractivity contribution in [2.45, 2.75) is 45.2 Å². The SMILES string of the molecule is CCC(C)CN(CC(=O)N(Cc1ccc(F)cc1)Cc1ccc(C)s1)S(=O)(=O)c1ccc(Cl)cc1. The summed E-state index contributed by atoms with van der Waals surface area (Å²) in [6.07, 6.45) is 0.772. The van der Waals surface area contributed by atoms with Crippen LogP contribution >= 0.6 is 22.9 Å². The van der Waals surface area contributed by atoms with Gasteiger partial charge in [-0.05, 0) is 66.9 Å². The topological polar surface area (TPSA) is 57.7 Å². The van der Waals surface area contributed by atoms with Crippen molar-refractivity contribution < 1.29 is 17.6 Å². The standard InChI is InChI=1S/C26H30ClFN2O3S2/c1-4-19(2)15-30(35(32,33)25-13-8-22(27)9-14-25)18-26(31)29(17-24-12-5-20(3)34-24)16-21-6-10-23(28)11-7-21/h5-14,19H,4,15-18H2,1-3H3. The van der Waals surface area contributed by atoms with Crippen LogP contribution in [0.25, 0.3) is 0 Å². The lowest BCUT2D eigenvalue weighted by atomic mass is 10.1. The maximum Gasteiger partial charge on any atom is 0.243 e. The highest BCUT2D eigenvalue weighted by atomic mass is 35.5. The van der Waals surface area contributed by atoms with Gasteiger partial charge in [-0.15, -0.1) is 11.3 Å². The molecule has 1 unspecified atom stereocenters.